The summed E-state index contributed by atoms with van der Waals surface area (Å²) >= 11 is 1.71. The van der Waals surface area contributed by atoms with E-state index in [1.807, 2.05) is 0 Å². The Kier molecular flexibility index (Phi) is 7.22. The third-order valence-electron chi connectivity index (χ3n) is 3.67. The maximum Gasteiger partial charge on any atom is 0.230 e. The molecule has 3 nitrogen and oxygen atoms in total. The van der Waals surface area contributed by atoms with Crippen LogP contribution in [0.15, 0.2) is 0 Å². The molecular formula is C15H30N2OS. The van der Waals surface area contributed by atoms with Crippen LogP contribution in [0.2, 0.25) is 0 Å². The van der Waals surface area contributed by atoms with Crippen LogP contribution in [0.25, 0.3) is 0 Å². The second-order valence-electron chi connectivity index (χ2n) is 6.42. The highest BCUT2D eigenvalue weighted by molar-refractivity contribution is 8.01. The number of nitrogens with zero attached hydrogens (tertiary/aromatic N) is 1. The molecule has 0 aliphatic carbocycles. The summed E-state index contributed by atoms with van der Waals surface area (Å²) < 4.78 is 0.171. The minimum atomic E-state index is 0.171. The van der Waals surface area contributed by atoms with E-state index < -0.39 is 0 Å². The summed E-state index contributed by atoms with van der Waals surface area (Å²) in [6.07, 6.45) is 3.73. The van der Waals surface area contributed by atoms with Gasteiger partial charge in [0.1, 0.15) is 0 Å². The smallest absolute Gasteiger partial charge is 0.230 e. The largest absolute Gasteiger partial charge is 0.355 e. The fourth-order valence-electron chi connectivity index (χ4n) is 2.34. The Morgan fingerprint density at radius 1 is 1.32 bits per heavy atom. The number of hydrogen-bond donors (Lipinski definition) is 1. The van der Waals surface area contributed by atoms with Crippen LogP contribution in [-0.2, 0) is 4.79 Å². The lowest BCUT2D eigenvalue weighted by Gasteiger charge is -2.31. The lowest BCUT2D eigenvalue weighted by molar-refractivity contribution is -0.118. The minimum absolute atomic E-state index is 0.171. The highest BCUT2D eigenvalue weighted by Gasteiger charge is 2.18. The fourth-order valence-corrected chi connectivity index (χ4v) is 3.01. The van der Waals surface area contributed by atoms with Crippen molar-refractivity contribution in [3.63, 3.8) is 0 Å². The van der Waals surface area contributed by atoms with Crippen molar-refractivity contribution in [2.24, 2.45) is 5.92 Å². The van der Waals surface area contributed by atoms with Gasteiger partial charge in [-0.3, -0.25) is 4.79 Å². The van der Waals surface area contributed by atoms with Crippen molar-refractivity contribution in [3.05, 3.63) is 0 Å². The Balaban J connectivity index is 2.06. The Hall–Kier alpha value is -0.220. The first-order valence-electron chi connectivity index (χ1n) is 7.53. The molecule has 0 unspecified atom stereocenters. The van der Waals surface area contributed by atoms with Gasteiger partial charge in [0.05, 0.1) is 5.75 Å². The predicted molar refractivity (Wildman–Crippen MR) is 84.7 cm³/mol. The number of amides is 1. The van der Waals surface area contributed by atoms with Crippen LogP contribution in [0, 0.1) is 5.92 Å². The second-order valence-corrected chi connectivity index (χ2v) is 8.22. The zero-order valence-electron chi connectivity index (χ0n) is 13.0. The number of piperidine rings is 1. The normalized spacial score (nSPS) is 18.5. The summed E-state index contributed by atoms with van der Waals surface area (Å²) in [6.45, 7) is 13.1. The van der Waals surface area contributed by atoms with Gasteiger partial charge in [0.25, 0.3) is 0 Å². The number of hydrogen-bond acceptors (Lipinski definition) is 3. The van der Waals surface area contributed by atoms with Gasteiger partial charge in [0, 0.05) is 11.3 Å². The first-order chi connectivity index (χ1) is 8.90. The summed E-state index contributed by atoms with van der Waals surface area (Å²) in [6, 6.07) is 0. The topological polar surface area (TPSA) is 32.3 Å². The van der Waals surface area contributed by atoms with Gasteiger partial charge in [0.15, 0.2) is 0 Å². The summed E-state index contributed by atoms with van der Waals surface area (Å²) in [5.41, 5.74) is 0. The van der Waals surface area contributed by atoms with Crippen LogP contribution in [0.3, 0.4) is 0 Å². The molecule has 1 amide bonds. The Labute approximate surface area is 122 Å². The molecule has 0 aromatic carbocycles. The van der Waals surface area contributed by atoms with E-state index in [4.69, 9.17) is 0 Å². The van der Waals surface area contributed by atoms with Crippen LogP contribution >= 0.6 is 11.8 Å². The van der Waals surface area contributed by atoms with E-state index in [1.54, 1.807) is 11.8 Å². The van der Waals surface area contributed by atoms with Crippen LogP contribution in [0.1, 0.15) is 47.0 Å². The Bertz CT molecular complexity index is 268. The van der Waals surface area contributed by atoms with Crippen LogP contribution < -0.4 is 5.32 Å². The molecule has 0 radical (unpaired) electrons. The monoisotopic (exact) mass is 286 g/mol. The van der Waals surface area contributed by atoms with Gasteiger partial charge in [-0.15, -0.1) is 11.8 Å². The lowest BCUT2D eigenvalue weighted by atomic mass is 9.93. The minimum Gasteiger partial charge on any atom is -0.355 e. The van der Waals surface area contributed by atoms with E-state index in [0.717, 1.165) is 18.9 Å². The van der Waals surface area contributed by atoms with Crippen molar-refractivity contribution < 1.29 is 4.79 Å². The third-order valence-corrected chi connectivity index (χ3v) is 4.94. The SMILES string of the molecule is CCN1CCC(CCNC(=O)CSC(C)(C)C)CC1. The van der Waals surface area contributed by atoms with Crippen molar-refractivity contribution in [1.29, 1.82) is 0 Å². The van der Waals surface area contributed by atoms with Crippen molar-refractivity contribution in [1.82, 2.24) is 10.2 Å². The van der Waals surface area contributed by atoms with E-state index in [-0.39, 0.29) is 10.7 Å². The second kappa shape index (κ2) is 8.15. The maximum absolute atomic E-state index is 11.7. The molecule has 0 spiro atoms. The van der Waals surface area contributed by atoms with E-state index >= 15 is 0 Å². The number of carbonyl (C=O) groups is 1. The third kappa shape index (κ3) is 7.83. The molecule has 0 aromatic heterocycles. The molecule has 0 aromatic rings. The molecule has 1 rings (SSSR count). The molecule has 4 heteroatoms. The van der Waals surface area contributed by atoms with Gasteiger partial charge >= 0.3 is 0 Å². The van der Waals surface area contributed by atoms with E-state index in [9.17, 15) is 4.79 Å². The molecule has 19 heavy (non-hydrogen) atoms. The van der Waals surface area contributed by atoms with Gasteiger partial charge in [-0.1, -0.05) is 27.7 Å². The molecule has 112 valence electrons. The number of nitrogens with one attached hydrogen (secondary N) is 1. The van der Waals surface area contributed by atoms with Crippen molar-refractivity contribution in [3.8, 4) is 0 Å². The fraction of sp³-hybridized carbons (Fsp3) is 0.933. The molecule has 1 fully saturated rings. The Morgan fingerprint density at radius 2 is 1.95 bits per heavy atom. The molecule has 1 aliphatic rings. The number of carbonyl (C=O) groups excluding carboxylic acids is 1. The standard InChI is InChI=1S/C15H30N2OS/c1-5-17-10-7-13(8-11-17)6-9-16-14(18)12-19-15(2,3)4/h13H,5-12H2,1-4H3,(H,16,18). The molecule has 1 heterocycles. The van der Waals surface area contributed by atoms with Crippen LogP contribution in [0.4, 0.5) is 0 Å². The quantitative estimate of drug-likeness (QED) is 0.815. The maximum atomic E-state index is 11.7. The molecule has 1 aliphatic heterocycles. The number of rotatable bonds is 6. The van der Waals surface area contributed by atoms with E-state index in [0.29, 0.717) is 5.75 Å². The molecule has 0 bridgehead atoms. The first-order valence-corrected chi connectivity index (χ1v) is 8.52. The van der Waals surface area contributed by atoms with Crippen molar-refractivity contribution in [2.75, 3.05) is 31.9 Å². The summed E-state index contributed by atoms with van der Waals surface area (Å²) in [5, 5.41) is 3.05. The Morgan fingerprint density at radius 3 is 2.47 bits per heavy atom. The van der Waals surface area contributed by atoms with Gasteiger partial charge in [-0.05, 0) is 44.8 Å². The average molecular weight is 286 g/mol. The average Bonchev–Trinajstić information content (AvgIpc) is 2.36. The number of thioether (sulfide) groups is 1. The first kappa shape index (κ1) is 16.8. The van der Waals surface area contributed by atoms with Crippen molar-refractivity contribution in [2.45, 2.75) is 51.7 Å². The summed E-state index contributed by atoms with van der Waals surface area (Å²) in [5.74, 6) is 1.57. The highest BCUT2D eigenvalue weighted by Crippen LogP contribution is 2.22. The summed E-state index contributed by atoms with van der Waals surface area (Å²) in [7, 11) is 0. The molecular weight excluding hydrogens is 256 g/mol. The molecule has 0 saturated carbocycles. The lowest BCUT2D eigenvalue weighted by Crippen LogP contribution is -2.35. The van der Waals surface area contributed by atoms with Crippen LogP contribution in [0.5, 0.6) is 0 Å². The van der Waals surface area contributed by atoms with Crippen molar-refractivity contribution >= 4 is 17.7 Å². The van der Waals surface area contributed by atoms with Gasteiger partial charge < -0.3 is 10.2 Å². The number of likely N-dealkylation sites (tertiary alicyclic amines) is 1. The molecule has 0 atom stereocenters. The van der Waals surface area contributed by atoms with Gasteiger partial charge in [-0.25, -0.2) is 0 Å². The molecule has 1 N–H and O–H groups in total. The zero-order valence-corrected chi connectivity index (χ0v) is 13.8. The van der Waals surface area contributed by atoms with E-state index in [2.05, 4.69) is 37.9 Å². The molecule has 1 saturated heterocycles. The van der Waals surface area contributed by atoms with Crippen LogP contribution in [-0.4, -0.2) is 47.5 Å². The van der Waals surface area contributed by atoms with E-state index in [1.165, 1.54) is 32.5 Å². The van der Waals surface area contributed by atoms with Gasteiger partial charge in [0.2, 0.25) is 5.91 Å². The van der Waals surface area contributed by atoms with Gasteiger partial charge in [-0.2, -0.15) is 0 Å². The highest BCUT2D eigenvalue weighted by atomic mass is 32.2. The zero-order chi connectivity index (χ0) is 14.3. The summed E-state index contributed by atoms with van der Waals surface area (Å²) in [4.78, 5) is 14.2. The predicted octanol–water partition coefficient (Wildman–Crippen LogP) is 2.76.